The second-order valence-electron chi connectivity index (χ2n) is 9.71. The van der Waals surface area contributed by atoms with Crippen LogP contribution >= 0.6 is 0 Å². The lowest BCUT2D eigenvalue weighted by Gasteiger charge is -2.32. The van der Waals surface area contributed by atoms with E-state index in [-0.39, 0.29) is 34.9 Å². The first kappa shape index (κ1) is 25.1. The molecule has 3 aromatic rings. The SMILES string of the molecule is CCCc1cc(=O)oc2c3c(c4c(c12)OC(C)(C)C=C4)OC(=CN(C(N)=O)c1ccccc1OC)CC3=O. The van der Waals surface area contributed by atoms with Gasteiger partial charge in [-0.1, -0.05) is 25.5 Å². The molecule has 2 N–H and O–H groups in total. The highest BCUT2D eigenvalue weighted by Crippen LogP contribution is 2.49. The Labute approximate surface area is 219 Å². The third-order valence-corrected chi connectivity index (χ3v) is 6.45. The number of methoxy groups -OCH3 is 1. The number of allylic oxidation sites excluding steroid dienone is 1. The number of Topliss-reactive ketones (excluding diaryl/α,β-unsaturated/α-hetero) is 1. The molecule has 2 aromatic carbocycles. The zero-order valence-electron chi connectivity index (χ0n) is 21.6. The summed E-state index contributed by atoms with van der Waals surface area (Å²) in [6.07, 6.45) is 6.30. The maximum Gasteiger partial charge on any atom is 0.336 e. The number of urea groups is 1. The lowest BCUT2D eigenvalue weighted by molar-refractivity contribution is 0.0963. The maximum atomic E-state index is 13.6. The number of nitrogens with zero attached hydrogens (tertiary/aromatic N) is 1. The van der Waals surface area contributed by atoms with Crippen LogP contribution in [-0.2, 0) is 6.42 Å². The number of aryl methyl sites for hydroxylation is 1. The molecule has 0 saturated heterocycles. The van der Waals surface area contributed by atoms with Gasteiger partial charge in [0.25, 0.3) is 0 Å². The van der Waals surface area contributed by atoms with Crippen LogP contribution in [0.3, 0.4) is 0 Å². The third kappa shape index (κ3) is 4.30. The first-order valence-electron chi connectivity index (χ1n) is 12.3. The topological polar surface area (TPSA) is 121 Å². The van der Waals surface area contributed by atoms with E-state index in [9.17, 15) is 14.4 Å². The van der Waals surface area contributed by atoms with Gasteiger partial charge in [-0.25, -0.2) is 9.59 Å². The van der Waals surface area contributed by atoms with Gasteiger partial charge in [-0.05, 0) is 50.1 Å². The van der Waals surface area contributed by atoms with Gasteiger partial charge in [0.1, 0.15) is 28.4 Å². The molecule has 5 rings (SSSR count). The molecule has 0 fully saturated rings. The highest BCUT2D eigenvalue weighted by molar-refractivity contribution is 6.14. The molecular formula is C29H28N2O7. The van der Waals surface area contributed by atoms with Gasteiger partial charge in [-0.15, -0.1) is 0 Å². The van der Waals surface area contributed by atoms with Crippen molar-refractivity contribution in [3.63, 3.8) is 0 Å². The van der Waals surface area contributed by atoms with Crippen LogP contribution in [0.4, 0.5) is 10.5 Å². The van der Waals surface area contributed by atoms with Gasteiger partial charge in [-0.3, -0.25) is 9.69 Å². The van der Waals surface area contributed by atoms with Gasteiger partial charge in [-0.2, -0.15) is 0 Å². The second kappa shape index (κ2) is 9.41. The van der Waals surface area contributed by atoms with Crippen molar-refractivity contribution in [2.24, 2.45) is 5.73 Å². The van der Waals surface area contributed by atoms with Crippen molar-refractivity contribution in [1.82, 2.24) is 0 Å². The van der Waals surface area contributed by atoms with Gasteiger partial charge < -0.3 is 24.4 Å². The third-order valence-electron chi connectivity index (χ3n) is 6.45. The van der Waals surface area contributed by atoms with E-state index >= 15 is 0 Å². The average Bonchev–Trinajstić information content (AvgIpc) is 2.86. The Balaban J connectivity index is 1.73. The summed E-state index contributed by atoms with van der Waals surface area (Å²) in [5.41, 5.74) is 6.48. The maximum absolute atomic E-state index is 13.6. The number of carbonyl (C=O) groups is 2. The van der Waals surface area contributed by atoms with E-state index in [1.165, 1.54) is 19.4 Å². The van der Waals surface area contributed by atoms with Gasteiger partial charge in [0.15, 0.2) is 17.1 Å². The number of ether oxygens (including phenoxy) is 3. The fraction of sp³-hybridized carbons (Fsp3) is 0.276. The summed E-state index contributed by atoms with van der Waals surface area (Å²) in [4.78, 5) is 39.7. The minimum absolute atomic E-state index is 0.140. The van der Waals surface area contributed by atoms with Gasteiger partial charge in [0, 0.05) is 6.07 Å². The van der Waals surface area contributed by atoms with Crippen LogP contribution in [0.15, 0.2) is 57.6 Å². The molecule has 0 aliphatic carbocycles. The lowest BCUT2D eigenvalue weighted by Crippen LogP contribution is -2.33. The molecule has 38 heavy (non-hydrogen) atoms. The average molecular weight is 517 g/mol. The molecule has 2 aliphatic rings. The molecular weight excluding hydrogens is 488 g/mol. The summed E-state index contributed by atoms with van der Waals surface area (Å²) in [5, 5.41) is 0.592. The van der Waals surface area contributed by atoms with Crippen LogP contribution < -0.4 is 30.5 Å². The van der Waals surface area contributed by atoms with Gasteiger partial charge in [0.2, 0.25) is 0 Å². The van der Waals surface area contributed by atoms with Crippen LogP contribution in [-0.4, -0.2) is 24.5 Å². The Bertz CT molecular complexity index is 1600. The molecule has 2 aliphatic heterocycles. The summed E-state index contributed by atoms with van der Waals surface area (Å²) < 4.78 is 23.6. The summed E-state index contributed by atoms with van der Waals surface area (Å²) >= 11 is 0. The number of para-hydroxylation sites is 2. The molecule has 0 saturated carbocycles. The normalized spacial score (nSPS) is 16.4. The van der Waals surface area contributed by atoms with E-state index in [4.69, 9.17) is 24.4 Å². The summed E-state index contributed by atoms with van der Waals surface area (Å²) in [5.74, 6) is 0.939. The first-order chi connectivity index (χ1) is 18.1. The van der Waals surface area contributed by atoms with Crippen molar-refractivity contribution < 1.29 is 28.2 Å². The van der Waals surface area contributed by atoms with Crippen molar-refractivity contribution in [3.8, 4) is 17.2 Å². The Morgan fingerprint density at radius 1 is 1.21 bits per heavy atom. The number of nitrogens with two attached hydrogens (primary N) is 1. The number of amides is 2. The van der Waals surface area contributed by atoms with Crippen LogP contribution in [0, 0.1) is 0 Å². The smallest absolute Gasteiger partial charge is 0.336 e. The van der Waals surface area contributed by atoms with E-state index in [2.05, 4.69) is 0 Å². The zero-order valence-corrected chi connectivity index (χ0v) is 21.6. The minimum Gasteiger partial charge on any atom is -0.495 e. The molecule has 9 heteroatoms. The van der Waals surface area contributed by atoms with Crippen molar-refractivity contribution in [2.45, 2.75) is 45.6 Å². The number of fused-ring (bicyclic) bond motifs is 6. The summed E-state index contributed by atoms with van der Waals surface area (Å²) in [7, 11) is 1.48. The number of carbonyl (C=O) groups excluding carboxylic acids is 2. The molecule has 0 radical (unpaired) electrons. The largest absolute Gasteiger partial charge is 0.495 e. The van der Waals surface area contributed by atoms with Crippen molar-refractivity contribution in [3.05, 3.63) is 75.5 Å². The molecule has 3 heterocycles. The Morgan fingerprint density at radius 2 is 1.97 bits per heavy atom. The van der Waals surface area contributed by atoms with Gasteiger partial charge >= 0.3 is 11.7 Å². The van der Waals surface area contributed by atoms with Crippen LogP contribution in [0.2, 0.25) is 0 Å². The number of rotatable bonds is 5. The van der Waals surface area contributed by atoms with Crippen molar-refractivity contribution >= 4 is 34.5 Å². The fourth-order valence-corrected chi connectivity index (χ4v) is 4.82. The standard InChI is InChI=1S/C29H28N2O7/c1-5-8-16-13-22(33)37-27-23(16)26-18(11-12-29(2,3)38-26)25-24(27)20(32)14-17(36-25)15-31(28(30)34)19-9-6-7-10-21(19)35-4/h6-7,9-13,15H,5,8,14H2,1-4H3,(H2,30,34). The van der Waals surface area contributed by atoms with Gasteiger partial charge in [0.05, 0.1) is 36.4 Å². The van der Waals surface area contributed by atoms with E-state index in [1.54, 1.807) is 24.3 Å². The predicted octanol–water partition coefficient (Wildman–Crippen LogP) is 5.33. The number of hydrogen-bond donors (Lipinski definition) is 1. The van der Waals surface area contributed by atoms with Crippen molar-refractivity contribution in [1.29, 1.82) is 0 Å². The van der Waals surface area contributed by atoms with Crippen LogP contribution in [0.5, 0.6) is 17.2 Å². The molecule has 0 atom stereocenters. The zero-order chi connectivity index (χ0) is 27.2. The monoisotopic (exact) mass is 516 g/mol. The molecule has 2 amide bonds. The number of hydrogen-bond acceptors (Lipinski definition) is 7. The van der Waals surface area contributed by atoms with Crippen LogP contribution in [0.25, 0.3) is 17.0 Å². The Morgan fingerprint density at radius 3 is 2.68 bits per heavy atom. The number of anilines is 1. The molecule has 1 aromatic heterocycles. The van der Waals surface area contributed by atoms with E-state index in [0.29, 0.717) is 34.6 Å². The first-order valence-corrected chi connectivity index (χ1v) is 12.3. The number of primary amides is 1. The summed E-state index contributed by atoms with van der Waals surface area (Å²) in [6.45, 7) is 5.82. The molecule has 0 unspecified atom stereocenters. The van der Waals surface area contributed by atoms with E-state index < -0.39 is 17.3 Å². The molecule has 196 valence electrons. The number of benzene rings is 2. The van der Waals surface area contributed by atoms with E-state index in [0.717, 1.165) is 16.9 Å². The predicted molar refractivity (Wildman–Crippen MR) is 143 cm³/mol. The minimum atomic E-state index is -0.787. The Kier molecular flexibility index (Phi) is 6.22. The molecule has 9 nitrogen and oxygen atoms in total. The van der Waals surface area contributed by atoms with Crippen LogP contribution in [0.1, 0.15) is 55.1 Å². The number of ketones is 1. The van der Waals surface area contributed by atoms with Crippen molar-refractivity contribution in [2.75, 3.05) is 12.0 Å². The molecule has 0 spiro atoms. The quantitative estimate of drug-likeness (QED) is 0.455. The molecule has 0 bridgehead atoms. The fourth-order valence-electron chi connectivity index (χ4n) is 4.82. The van der Waals surface area contributed by atoms with E-state index in [1.807, 2.05) is 32.9 Å². The summed E-state index contributed by atoms with van der Waals surface area (Å²) in [6, 6.07) is 7.51. The highest BCUT2D eigenvalue weighted by Gasteiger charge is 2.36. The highest BCUT2D eigenvalue weighted by atomic mass is 16.5. The Hall–Kier alpha value is -4.53. The lowest BCUT2D eigenvalue weighted by atomic mass is 9.90. The second-order valence-corrected chi connectivity index (χ2v) is 9.71.